The van der Waals surface area contributed by atoms with Gasteiger partial charge in [-0.1, -0.05) is 30.3 Å². The Bertz CT molecular complexity index is 711. The molecule has 0 spiro atoms. The van der Waals surface area contributed by atoms with Crippen molar-refractivity contribution >= 4 is 5.91 Å². The molecule has 0 atom stereocenters. The summed E-state index contributed by atoms with van der Waals surface area (Å²) in [6.07, 6.45) is 1.75. The first-order valence-corrected chi connectivity index (χ1v) is 8.52. The van der Waals surface area contributed by atoms with Gasteiger partial charge in [-0.3, -0.25) is 4.79 Å². The molecule has 1 aliphatic rings. The van der Waals surface area contributed by atoms with Crippen LogP contribution < -0.4 is 0 Å². The summed E-state index contributed by atoms with van der Waals surface area (Å²) in [5.41, 5.74) is 1.35. The molecule has 0 bridgehead atoms. The summed E-state index contributed by atoms with van der Waals surface area (Å²) in [5, 5.41) is 9.38. The van der Waals surface area contributed by atoms with Crippen LogP contribution in [0.15, 0.2) is 48.5 Å². The van der Waals surface area contributed by atoms with Crippen LogP contribution >= 0.6 is 0 Å². The van der Waals surface area contributed by atoms with Crippen molar-refractivity contribution in [2.45, 2.75) is 31.8 Å². The Morgan fingerprint density at radius 1 is 1.12 bits per heavy atom. The Balaban J connectivity index is 1.78. The fraction of sp³-hybridized carbons (Fsp3) is 0.350. The first-order chi connectivity index (χ1) is 12.1. The molecule has 0 aliphatic carbocycles. The van der Waals surface area contributed by atoms with Crippen molar-refractivity contribution in [1.29, 1.82) is 0 Å². The number of amides is 1. The van der Waals surface area contributed by atoms with E-state index in [9.17, 15) is 14.3 Å². The van der Waals surface area contributed by atoms with Crippen molar-refractivity contribution in [3.8, 4) is 5.75 Å². The minimum atomic E-state index is -0.294. The highest BCUT2D eigenvalue weighted by Gasteiger charge is 2.26. The zero-order valence-electron chi connectivity index (χ0n) is 14.0. The van der Waals surface area contributed by atoms with Crippen LogP contribution in [0.2, 0.25) is 0 Å². The molecule has 132 valence electrons. The van der Waals surface area contributed by atoms with E-state index in [0.29, 0.717) is 18.8 Å². The lowest BCUT2D eigenvalue weighted by atomic mass is 10.0. The Labute approximate surface area is 146 Å². The lowest BCUT2D eigenvalue weighted by molar-refractivity contribution is -0.135. The molecule has 1 N–H and O–H groups in total. The number of hydrogen-bond donors (Lipinski definition) is 1. The number of carbonyl (C=O) groups excluding carboxylic acids is 1. The summed E-state index contributed by atoms with van der Waals surface area (Å²) in [7, 11) is 0. The van der Waals surface area contributed by atoms with Crippen LogP contribution in [0.3, 0.4) is 0 Å². The molecule has 1 amide bonds. The van der Waals surface area contributed by atoms with Crippen molar-refractivity contribution in [3.63, 3.8) is 0 Å². The van der Waals surface area contributed by atoms with E-state index in [0.717, 1.165) is 18.4 Å². The van der Waals surface area contributed by atoms with Crippen LogP contribution in [-0.4, -0.2) is 35.2 Å². The van der Waals surface area contributed by atoms with Crippen molar-refractivity contribution in [2.75, 3.05) is 13.2 Å². The van der Waals surface area contributed by atoms with E-state index in [2.05, 4.69) is 0 Å². The molecule has 0 aromatic heterocycles. The first-order valence-electron chi connectivity index (χ1n) is 8.52. The zero-order valence-corrected chi connectivity index (χ0v) is 14.0. The number of halogens is 1. The topological polar surface area (TPSA) is 49.8 Å². The van der Waals surface area contributed by atoms with Crippen molar-refractivity contribution in [3.05, 3.63) is 65.5 Å². The van der Waals surface area contributed by atoms with Gasteiger partial charge in [0.1, 0.15) is 11.6 Å². The van der Waals surface area contributed by atoms with E-state index in [1.807, 2.05) is 0 Å². The average molecular weight is 343 g/mol. The van der Waals surface area contributed by atoms with Crippen molar-refractivity contribution in [1.82, 2.24) is 4.90 Å². The molecule has 2 aromatic rings. The van der Waals surface area contributed by atoms with Crippen LogP contribution in [0.1, 0.15) is 24.0 Å². The summed E-state index contributed by atoms with van der Waals surface area (Å²) in [5.74, 6) is -0.165. The summed E-state index contributed by atoms with van der Waals surface area (Å²) in [6.45, 7) is 1.49. The van der Waals surface area contributed by atoms with E-state index in [-0.39, 0.29) is 36.5 Å². The normalized spacial score (nSPS) is 15.1. The van der Waals surface area contributed by atoms with Crippen LogP contribution in [-0.2, 0) is 22.5 Å². The van der Waals surface area contributed by atoms with Crippen LogP contribution in [0.4, 0.5) is 4.39 Å². The molecule has 5 heteroatoms. The second kappa shape index (κ2) is 8.12. The minimum absolute atomic E-state index is 0.0409. The lowest BCUT2D eigenvalue weighted by Crippen LogP contribution is -2.43. The van der Waals surface area contributed by atoms with Crippen molar-refractivity contribution < 1.29 is 19.0 Å². The number of phenols is 1. The van der Waals surface area contributed by atoms with Gasteiger partial charge in [-0.05, 0) is 36.6 Å². The smallest absolute Gasteiger partial charge is 0.227 e. The summed E-state index contributed by atoms with van der Waals surface area (Å²) >= 11 is 0. The predicted octanol–water partition coefficient (Wildman–Crippen LogP) is 3.28. The maximum atomic E-state index is 14.1. The third-order valence-electron chi connectivity index (χ3n) is 4.54. The fourth-order valence-corrected chi connectivity index (χ4v) is 3.12. The SMILES string of the molecule is O=C(Cc1ccc(O)cc1)N(Cc1ccccc1F)C1CCOCC1. The van der Waals surface area contributed by atoms with E-state index in [1.165, 1.54) is 6.07 Å². The number of benzene rings is 2. The lowest BCUT2D eigenvalue weighted by Gasteiger charge is -2.34. The minimum Gasteiger partial charge on any atom is -0.508 e. The number of phenolic OH excluding ortho intramolecular Hbond substituents is 1. The Kier molecular flexibility index (Phi) is 5.66. The molecule has 1 heterocycles. The standard InChI is InChI=1S/C20H22FNO3/c21-19-4-2-1-3-16(19)14-22(17-9-11-25-12-10-17)20(24)13-15-5-7-18(23)8-6-15/h1-8,17,23H,9-14H2. The Hall–Kier alpha value is -2.40. The van der Waals surface area contributed by atoms with E-state index >= 15 is 0 Å². The van der Waals surface area contributed by atoms with Gasteiger partial charge in [0, 0.05) is 31.4 Å². The molecular formula is C20H22FNO3. The predicted molar refractivity (Wildman–Crippen MR) is 92.6 cm³/mol. The van der Waals surface area contributed by atoms with Crippen LogP contribution in [0, 0.1) is 5.82 Å². The molecule has 1 fully saturated rings. The Morgan fingerprint density at radius 3 is 2.48 bits per heavy atom. The zero-order chi connectivity index (χ0) is 17.6. The van der Waals surface area contributed by atoms with Crippen LogP contribution in [0.5, 0.6) is 5.75 Å². The molecular weight excluding hydrogens is 321 g/mol. The number of hydrogen-bond acceptors (Lipinski definition) is 3. The average Bonchev–Trinajstić information content (AvgIpc) is 2.63. The maximum Gasteiger partial charge on any atom is 0.227 e. The monoisotopic (exact) mass is 343 g/mol. The summed E-state index contributed by atoms with van der Waals surface area (Å²) in [4.78, 5) is 14.7. The number of nitrogens with zero attached hydrogens (tertiary/aromatic N) is 1. The summed E-state index contributed by atoms with van der Waals surface area (Å²) in [6, 6.07) is 13.2. The molecule has 25 heavy (non-hydrogen) atoms. The first kappa shape index (κ1) is 17.4. The quantitative estimate of drug-likeness (QED) is 0.906. The van der Waals surface area contributed by atoms with Gasteiger partial charge < -0.3 is 14.7 Å². The van der Waals surface area contributed by atoms with Gasteiger partial charge in [0.15, 0.2) is 0 Å². The molecule has 1 aliphatic heterocycles. The number of rotatable bonds is 5. The number of aromatic hydroxyl groups is 1. The highest BCUT2D eigenvalue weighted by Crippen LogP contribution is 2.21. The van der Waals surface area contributed by atoms with Gasteiger partial charge >= 0.3 is 0 Å². The molecule has 2 aromatic carbocycles. The van der Waals surface area contributed by atoms with Gasteiger partial charge in [0.2, 0.25) is 5.91 Å². The third kappa shape index (κ3) is 4.57. The molecule has 0 saturated carbocycles. The van der Waals surface area contributed by atoms with Gasteiger partial charge in [0.25, 0.3) is 0 Å². The highest BCUT2D eigenvalue weighted by molar-refractivity contribution is 5.79. The second-order valence-corrected chi connectivity index (χ2v) is 6.30. The molecule has 0 radical (unpaired) electrons. The highest BCUT2D eigenvalue weighted by atomic mass is 19.1. The van der Waals surface area contributed by atoms with E-state index in [1.54, 1.807) is 47.4 Å². The van der Waals surface area contributed by atoms with Gasteiger partial charge in [-0.25, -0.2) is 4.39 Å². The molecule has 3 rings (SSSR count). The van der Waals surface area contributed by atoms with Crippen molar-refractivity contribution in [2.24, 2.45) is 0 Å². The Morgan fingerprint density at radius 2 is 1.80 bits per heavy atom. The number of ether oxygens (including phenoxy) is 1. The fourth-order valence-electron chi connectivity index (χ4n) is 3.12. The largest absolute Gasteiger partial charge is 0.508 e. The second-order valence-electron chi connectivity index (χ2n) is 6.30. The molecule has 0 unspecified atom stereocenters. The van der Waals surface area contributed by atoms with E-state index in [4.69, 9.17) is 4.74 Å². The van der Waals surface area contributed by atoms with Gasteiger partial charge in [-0.15, -0.1) is 0 Å². The molecule has 4 nitrogen and oxygen atoms in total. The number of carbonyl (C=O) groups is 1. The third-order valence-corrected chi connectivity index (χ3v) is 4.54. The molecule has 1 saturated heterocycles. The van der Waals surface area contributed by atoms with Gasteiger partial charge in [-0.2, -0.15) is 0 Å². The van der Waals surface area contributed by atoms with Crippen LogP contribution in [0.25, 0.3) is 0 Å². The summed E-state index contributed by atoms with van der Waals surface area (Å²) < 4.78 is 19.5. The van der Waals surface area contributed by atoms with Gasteiger partial charge in [0.05, 0.1) is 6.42 Å². The van der Waals surface area contributed by atoms with E-state index < -0.39 is 0 Å². The maximum absolute atomic E-state index is 14.1.